The summed E-state index contributed by atoms with van der Waals surface area (Å²) >= 11 is 8.70. The van der Waals surface area contributed by atoms with Crippen LogP contribution < -0.4 is 5.32 Å². The second-order valence-electron chi connectivity index (χ2n) is 3.57. The zero-order valence-corrected chi connectivity index (χ0v) is 11.4. The van der Waals surface area contributed by atoms with Crippen LogP contribution >= 0.6 is 27.5 Å². The monoisotopic (exact) mass is 325 g/mol. The van der Waals surface area contributed by atoms with E-state index < -0.39 is 17.5 Å². The van der Waals surface area contributed by atoms with E-state index in [9.17, 15) is 13.6 Å². The Labute approximate surface area is 111 Å². The van der Waals surface area contributed by atoms with Gasteiger partial charge in [0.1, 0.15) is 11.6 Å². The minimum atomic E-state index is -0.833. The first kappa shape index (κ1) is 14.4. The van der Waals surface area contributed by atoms with E-state index >= 15 is 0 Å². The lowest BCUT2D eigenvalue weighted by Gasteiger charge is -2.07. The molecule has 1 atom stereocenters. The van der Waals surface area contributed by atoms with Crippen molar-refractivity contribution < 1.29 is 13.6 Å². The summed E-state index contributed by atoms with van der Waals surface area (Å²) in [5.74, 6) is -2.29. The van der Waals surface area contributed by atoms with Crippen molar-refractivity contribution in [3.8, 4) is 0 Å². The van der Waals surface area contributed by atoms with Gasteiger partial charge >= 0.3 is 0 Å². The molecule has 2 nitrogen and oxygen atoms in total. The molecule has 0 bridgehead atoms. The van der Waals surface area contributed by atoms with Gasteiger partial charge in [-0.15, -0.1) is 0 Å². The van der Waals surface area contributed by atoms with Gasteiger partial charge in [-0.25, -0.2) is 8.78 Å². The fourth-order valence-corrected chi connectivity index (χ4v) is 1.56. The van der Waals surface area contributed by atoms with Crippen molar-refractivity contribution in [3.05, 3.63) is 34.4 Å². The summed E-state index contributed by atoms with van der Waals surface area (Å²) in [6.07, 6.45) is 0.698. The molecule has 0 aliphatic heterocycles. The quantitative estimate of drug-likeness (QED) is 0.666. The van der Waals surface area contributed by atoms with Crippen LogP contribution in [0.1, 0.15) is 23.7 Å². The molecule has 6 heteroatoms. The molecule has 0 heterocycles. The molecule has 17 heavy (non-hydrogen) atoms. The maximum absolute atomic E-state index is 13.3. The lowest BCUT2D eigenvalue weighted by atomic mass is 10.2. The van der Waals surface area contributed by atoms with E-state index in [2.05, 4.69) is 21.2 Å². The molecule has 0 saturated heterocycles. The SMILES string of the molecule is CC(Br)CCNC(=O)c1cc(F)c(Cl)cc1F. The number of benzene rings is 1. The fraction of sp³-hybridized carbons (Fsp3) is 0.364. The van der Waals surface area contributed by atoms with Gasteiger partial charge in [0.25, 0.3) is 5.91 Å². The van der Waals surface area contributed by atoms with E-state index in [4.69, 9.17) is 11.6 Å². The molecule has 0 spiro atoms. The van der Waals surface area contributed by atoms with Gasteiger partial charge < -0.3 is 5.32 Å². The topological polar surface area (TPSA) is 29.1 Å². The van der Waals surface area contributed by atoms with E-state index in [0.29, 0.717) is 13.0 Å². The van der Waals surface area contributed by atoms with Crippen LogP contribution in [0.4, 0.5) is 8.78 Å². The Morgan fingerprint density at radius 3 is 2.71 bits per heavy atom. The molecule has 0 saturated carbocycles. The van der Waals surface area contributed by atoms with Crippen LogP contribution in [0.15, 0.2) is 12.1 Å². The molecule has 1 aromatic rings. The fourth-order valence-electron chi connectivity index (χ4n) is 1.18. The minimum absolute atomic E-state index is 0.245. The number of hydrogen-bond donors (Lipinski definition) is 1. The maximum Gasteiger partial charge on any atom is 0.254 e. The van der Waals surface area contributed by atoms with Crippen LogP contribution in [0.25, 0.3) is 0 Å². The van der Waals surface area contributed by atoms with Crippen molar-refractivity contribution in [1.82, 2.24) is 5.32 Å². The third kappa shape index (κ3) is 4.24. The summed E-state index contributed by atoms with van der Waals surface area (Å²) in [5.41, 5.74) is -0.339. The zero-order valence-electron chi connectivity index (χ0n) is 9.07. The molecular weight excluding hydrogens is 315 g/mol. The molecule has 0 aromatic heterocycles. The number of hydrogen-bond acceptors (Lipinski definition) is 1. The molecule has 0 fully saturated rings. The second kappa shape index (κ2) is 6.31. The number of halogens is 4. The first-order valence-corrected chi connectivity index (χ1v) is 6.28. The summed E-state index contributed by atoms with van der Waals surface area (Å²) in [4.78, 5) is 11.8. The third-order valence-electron chi connectivity index (χ3n) is 2.08. The summed E-state index contributed by atoms with van der Waals surface area (Å²) in [6, 6.07) is 1.59. The summed E-state index contributed by atoms with van der Waals surface area (Å²) in [7, 11) is 0. The summed E-state index contributed by atoms with van der Waals surface area (Å²) < 4.78 is 26.4. The standard InChI is InChI=1S/C11H11BrClF2NO/c1-6(12)2-3-16-11(17)7-4-10(15)8(13)5-9(7)14/h4-6H,2-3H2,1H3,(H,16,17). The number of alkyl halides is 1. The predicted molar refractivity (Wildman–Crippen MR) is 66.7 cm³/mol. The molecule has 1 unspecified atom stereocenters. The van der Waals surface area contributed by atoms with Crippen molar-refractivity contribution in [1.29, 1.82) is 0 Å². The number of carbonyl (C=O) groups excluding carboxylic acids is 1. The number of carbonyl (C=O) groups is 1. The van der Waals surface area contributed by atoms with E-state index in [0.717, 1.165) is 12.1 Å². The molecule has 1 N–H and O–H groups in total. The molecule has 0 radical (unpaired) electrons. The van der Waals surface area contributed by atoms with Crippen molar-refractivity contribution in [2.24, 2.45) is 0 Å². The minimum Gasteiger partial charge on any atom is -0.352 e. The van der Waals surface area contributed by atoms with Crippen LogP contribution in [0.3, 0.4) is 0 Å². The Morgan fingerprint density at radius 1 is 1.47 bits per heavy atom. The molecular formula is C11H11BrClF2NO. The van der Waals surface area contributed by atoms with Crippen LogP contribution in [0, 0.1) is 11.6 Å². The largest absolute Gasteiger partial charge is 0.352 e. The molecule has 0 aliphatic rings. The zero-order chi connectivity index (χ0) is 13.0. The second-order valence-corrected chi connectivity index (χ2v) is 5.54. The number of rotatable bonds is 4. The highest BCUT2D eigenvalue weighted by Gasteiger charge is 2.15. The Morgan fingerprint density at radius 2 is 2.12 bits per heavy atom. The highest BCUT2D eigenvalue weighted by atomic mass is 79.9. The van der Waals surface area contributed by atoms with Crippen molar-refractivity contribution in [3.63, 3.8) is 0 Å². The van der Waals surface area contributed by atoms with Gasteiger partial charge in [-0.05, 0) is 18.6 Å². The first-order valence-electron chi connectivity index (χ1n) is 4.98. The molecule has 1 amide bonds. The first-order chi connectivity index (χ1) is 7.91. The predicted octanol–water partition coefficient (Wildman–Crippen LogP) is 3.52. The Bertz CT molecular complexity index is 426. The average molecular weight is 327 g/mol. The molecule has 1 rings (SSSR count). The van der Waals surface area contributed by atoms with Gasteiger partial charge in [0.05, 0.1) is 10.6 Å². The van der Waals surface area contributed by atoms with E-state index in [1.807, 2.05) is 6.92 Å². The normalized spacial score (nSPS) is 12.3. The van der Waals surface area contributed by atoms with Gasteiger partial charge in [0, 0.05) is 11.4 Å². The Balaban J connectivity index is 2.72. The van der Waals surface area contributed by atoms with Crippen LogP contribution in [0.2, 0.25) is 5.02 Å². The average Bonchev–Trinajstić information content (AvgIpc) is 2.22. The molecule has 94 valence electrons. The summed E-state index contributed by atoms with van der Waals surface area (Å²) in [5, 5.41) is 2.16. The molecule has 1 aromatic carbocycles. The smallest absolute Gasteiger partial charge is 0.254 e. The Kier molecular flexibility index (Phi) is 5.33. The van der Waals surface area contributed by atoms with Crippen LogP contribution in [-0.2, 0) is 0 Å². The maximum atomic E-state index is 13.3. The molecule has 0 aliphatic carbocycles. The van der Waals surface area contributed by atoms with Crippen molar-refractivity contribution >= 4 is 33.4 Å². The van der Waals surface area contributed by atoms with Crippen molar-refractivity contribution in [2.45, 2.75) is 18.2 Å². The van der Waals surface area contributed by atoms with Gasteiger partial charge in [0.15, 0.2) is 0 Å². The lowest BCUT2D eigenvalue weighted by molar-refractivity contribution is 0.0949. The number of nitrogens with one attached hydrogen (secondary N) is 1. The Hall–Kier alpha value is -0.680. The van der Waals surface area contributed by atoms with Crippen LogP contribution in [-0.4, -0.2) is 17.3 Å². The number of amides is 1. The van der Waals surface area contributed by atoms with Gasteiger partial charge in [0.2, 0.25) is 0 Å². The van der Waals surface area contributed by atoms with Crippen LogP contribution in [0.5, 0.6) is 0 Å². The third-order valence-corrected chi connectivity index (χ3v) is 2.83. The highest BCUT2D eigenvalue weighted by Crippen LogP contribution is 2.19. The highest BCUT2D eigenvalue weighted by molar-refractivity contribution is 9.09. The van der Waals surface area contributed by atoms with E-state index in [1.54, 1.807) is 0 Å². The van der Waals surface area contributed by atoms with Gasteiger partial charge in [-0.2, -0.15) is 0 Å². The van der Waals surface area contributed by atoms with E-state index in [1.165, 1.54) is 0 Å². The van der Waals surface area contributed by atoms with Crippen molar-refractivity contribution in [2.75, 3.05) is 6.54 Å². The van der Waals surface area contributed by atoms with Gasteiger partial charge in [-0.1, -0.05) is 34.5 Å². The lowest BCUT2D eigenvalue weighted by Crippen LogP contribution is -2.26. The summed E-state index contributed by atoms with van der Waals surface area (Å²) in [6.45, 7) is 2.31. The van der Waals surface area contributed by atoms with Gasteiger partial charge in [-0.3, -0.25) is 4.79 Å². The van der Waals surface area contributed by atoms with E-state index in [-0.39, 0.29) is 15.4 Å².